The summed E-state index contributed by atoms with van der Waals surface area (Å²) in [6, 6.07) is 0.369. The molecule has 0 spiro atoms. The number of hydrogen-bond donors (Lipinski definition) is 1. The van der Waals surface area contributed by atoms with Gasteiger partial charge in [0.1, 0.15) is 12.7 Å². The number of amides is 1. The van der Waals surface area contributed by atoms with Crippen molar-refractivity contribution in [2.24, 2.45) is 0 Å². The second-order valence-electron chi connectivity index (χ2n) is 3.73. The summed E-state index contributed by atoms with van der Waals surface area (Å²) < 4.78 is 1.67. The molecule has 0 radical (unpaired) electrons. The number of carbonyl (C=O) groups is 1. The maximum atomic E-state index is 11.7. The fourth-order valence-electron chi connectivity index (χ4n) is 1.49. The molecule has 0 bridgehead atoms. The van der Waals surface area contributed by atoms with Crippen molar-refractivity contribution in [2.75, 3.05) is 20.1 Å². The molecule has 0 aliphatic carbocycles. The van der Waals surface area contributed by atoms with Crippen molar-refractivity contribution < 1.29 is 4.79 Å². The number of likely N-dealkylation sites (N-methyl/N-ethyl adjacent to an activating group) is 1. The van der Waals surface area contributed by atoms with Gasteiger partial charge in [-0.15, -0.1) is 0 Å². The average molecular weight is 209 g/mol. The van der Waals surface area contributed by atoms with Gasteiger partial charge in [0.15, 0.2) is 0 Å². The third-order valence-electron chi connectivity index (χ3n) is 2.72. The topological polar surface area (TPSA) is 63.1 Å². The summed E-state index contributed by atoms with van der Waals surface area (Å²) >= 11 is 0. The van der Waals surface area contributed by atoms with Gasteiger partial charge in [0.05, 0.1) is 12.6 Å². The molecule has 6 heteroatoms. The van der Waals surface area contributed by atoms with E-state index >= 15 is 0 Å². The largest absolute Gasteiger partial charge is 0.340 e. The number of carbonyl (C=O) groups excluding carboxylic acids is 1. The van der Waals surface area contributed by atoms with E-state index in [1.165, 1.54) is 6.33 Å². The molecule has 1 aromatic rings. The number of aryl methyl sites for hydroxylation is 1. The van der Waals surface area contributed by atoms with Crippen molar-refractivity contribution in [3.63, 3.8) is 0 Å². The molecule has 15 heavy (non-hydrogen) atoms. The highest BCUT2D eigenvalue weighted by atomic mass is 16.2. The minimum Gasteiger partial charge on any atom is -0.340 e. The van der Waals surface area contributed by atoms with Crippen molar-refractivity contribution in [3.8, 4) is 0 Å². The van der Waals surface area contributed by atoms with Crippen LogP contribution in [0.15, 0.2) is 12.7 Å². The van der Waals surface area contributed by atoms with Gasteiger partial charge in [0.25, 0.3) is 0 Å². The van der Waals surface area contributed by atoms with Gasteiger partial charge < -0.3 is 10.2 Å². The monoisotopic (exact) mass is 209 g/mol. The smallest absolute Gasteiger partial charge is 0.224 e. The Bertz CT molecular complexity index is 319. The Morgan fingerprint density at radius 3 is 3.00 bits per heavy atom. The molecule has 1 aliphatic rings. The standard InChI is InChI=1S/C9H15N5O/c1-13(8-4-10-5-8)9(15)2-3-14-7-11-6-12-14/h6-8,10H,2-5H2,1H3. The summed E-state index contributed by atoms with van der Waals surface area (Å²) in [5, 5.41) is 7.09. The van der Waals surface area contributed by atoms with Crippen LogP contribution in [0.5, 0.6) is 0 Å². The van der Waals surface area contributed by atoms with Crippen LogP contribution in [-0.4, -0.2) is 51.8 Å². The van der Waals surface area contributed by atoms with Crippen LogP contribution in [-0.2, 0) is 11.3 Å². The first kappa shape index (κ1) is 10.1. The molecule has 1 aromatic heterocycles. The lowest BCUT2D eigenvalue weighted by molar-refractivity contribution is -0.133. The molecule has 1 amide bonds. The Morgan fingerprint density at radius 2 is 2.47 bits per heavy atom. The molecule has 1 saturated heterocycles. The van der Waals surface area contributed by atoms with Crippen LogP contribution < -0.4 is 5.32 Å². The van der Waals surface area contributed by atoms with Crippen LogP contribution >= 0.6 is 0 Å². The van der Waals surface area contributed by atoms with E-state index in [1.54, 1.807) is 11.0 Å². The normalized spacial score (nSPS) is 16.1. The molecule has 1 aliphatic heterocycles. The lowest BCUT2D eigenvalue weighted by Gasteiger charge is -2.35. The molecule has 1 N–H and O–H groups in total. The maximum Gasteiger partial charge on any atom is 0.224 e. The highest BCUT2D eigenvalue weighted by Gasteiger charge is 2.24. The van der Waals surface area contributed by atoms with Crippen molar-refractivity contribution in [2.45, 2.75) is 19.0 Å². The number of nitrogens with one attached hydrogen (secondary N) is 1. The molecular weight excluding hydrogens is 194 g/mol. The van der Waals surface area contributed by atoms with Crippen molar-refractivity contribution >= 4 is 5.91 Å². The zero-order valence-corrected chi connectivity index (χ0v) is 8.76. The van der Waals surface area contributed by atoms with E-state index in [0.29, 0.717) is 19.0 Å². The molecule has 82 valence electrons. The predicted octanol–water partition coefficient (Wildman–Crippen LogP) is -0.902. The van der Waals surface area contributed by atoms with Gasteiger partial charge in [-0.1, -0.05) is 0 Å². The summed E-state index contributed by atoms with van der Waals surface area (Å²) in [6.07, 6.45) is 3.58. The lowest BCUT2D eigenvalue weighted by Crippen LogP contribution is -2.57. The molecule has 2 heterocycles. The average Bonchev–Trinajstić information content (AvgIpc) is 2.63. The van der Waals surface area contributed by atoms with E-state index in [9.17, 15) is 4.79 Å². The van der Waals surface area contributed by atoms with Crippen LogP contribution in [0, 0.1) is 0 Å². The summed E-state index contributed by atoms with van der Waals surface area (Å²) in [7, 11) is 1.86. The van der Waals surface area contributed by atoms with Gasteiger partial charge in [-0.3, -0.25) is 9.48 Å². The van der Waals surface area contributed by atoms with E-state index in [4.69, 9.17) is 0 Å². The van der Waals surface area contributed by atoms with Crippen LogP contribution in [0.25, 0.3) is 0 Å². The van der Waals surface area contributed by atoms with Crippen LogP contribution in [0.1, 0.15) is 6.42 Å². The Kier molecular flexibility index (Phi) is 2.96. The fraction of sp³-hybridized carbons (Fsp3) is 0.667. The lowest BCUT2D eigenvalue weighted by atomic mass is 10.1. The Balaban J connectivity index is 1.76. The molecule has 0 atom stereocenters. The van der Waals surface area contributed by atoms with Gasteiger partial charge >= 0.3 is 0 Å². The summed E-state index contributed by atoms with van der Waals surface area (Å²) in [5.41, 5.74) is 0. The van der Waals surface area contributed by atoms with Crippen LogP contribution in [0.2, 0.25) is 0 Å². The zero-order chi connectivity index (χ0) is 10.7. The van der Waals surface area contributed by atoms with Gasteiger partial charge in [-0.25, -0.2) is 4.98 Å². The van der Waals surface area contributed by atoms with Crippen molar-refractivity contribution in [3.05, 3.63) is 12.7 Å². The van der Waals surface area contributed by atoms with Gasteiger partial charge in [-0.2, -0.15) is 5.10 Å². The van der Waals surface area contributed by atoms with Gasteiger partial charge in [0, 0.05) is 26.6 Å². The Hall–Kier alpha value is -1.43. The SMILES string of the molecule is CN(C(=O)CCn1cncn1)C1CNC1. The minimum absolute atomic E-state index is 0.164. The van der Waals surface area contributed by atoms with Crippen molar-refractivity contribution in [1.29, 1.82) is 0 Å². The van der Waals surface area contributed by atoms with Gasteiger partial charge in [-0.05, 0) is 0 Å². The third kappa shape index (κ3) is 2.33. The Labute approximate surface area is 88.3 Å². The van der Waals surface area contributed by atoms with E-state index < -0.39 is 0 Å². The molecular formula is C9H15N5O. The second-order valence-corrected chi connectivity index (χ2v) is 3.73. The highest BCUT2D eigenvalue weighted by Crippen LogP contribution is 2.04. The minimum atomic E-state index is 0.164. The van der Waals surface area contributed by atoms with E-state index in [0.717, 1.165) is 13.1 Å². The zero-order valence-electron chi connectivity index (χ0n) is 8.76. The second kappa shape index (κ2) is 4.39. The van der Waals surface area contributed by atoms with Crippen LogP contribution in [0.3, 0.4) is 0 Å². The van der Waals surface area contributed by atoms with E-state index in [-0.39, 0.29) is 5.91 Å². The number of rotatable bonds is 4. The quantitative estimate of drug-likeness (QED) is 0.698. The fourth-order valence-corrected chi connectivity index (χ4v) is 1.49. The van der Waals surface area contributed by atoms with E-state index in [1.807, 2.05) is 11.9 Å². The van der Waals surface area contributed by atoms with Crippen LogP contribution in [0.4, 0.5) is 0 Å². The molecule has 1 fully saturated rings. The summed E-state index contributed by atoms with van der Waals surface area (Å²) in [4.78, 5) is 17.3. The van der Waals surface area contributed by atoms with Gasteiger partial charge in [0.2, 0.25) is 5.91 Å². The first-order chi connectivity index (χ1) is 7.27. The molecule has 0 aromatic carbocycles. The first-order valence-electron chi connectivity index (χ1n) is 5.06. The molecule has 2 rings (SSSR count). The summed E-state index contributed by atoms with van der Waals surface area (Å²) in [6.45, 7) is 2.42. The maximum absolute atomic E-state index is 11.7. The number of hydrogen-bond acceptors (Lipinski definition) is 4. The Morgan fingerprint density at radius 1 is 1.67 bits per heavy atom. The molecule has 0 saturated carbocycles. The van der Waals surface area contributed by atoms with E-state index in [2.05, 4.69) is 15.4 Å². The predicted molar refractivity (Wildman–Crippen MR) is 54.1 cm³/mol. The molecule has 0 unspecified atom stereocenters. The first-order valence-corrected chi connectivity index (χ1v) is 5.06. The molecule has 6 nitrogen and oxygen atoms in total. The van der Waals surface area contributed by atoms with Crippen molar-refractivity contribution in [1.82, 2.24) is 25.0 Å². The number of aromatic nitrogens is 3. The third-order valence-corrected chi connectivity index (χ3v) is 2.72. The number of nitrogens with zero attached hydrogens (tertiary/aromatic N) is 4. The summed E-state index contributed by atoms with van der Waals surface area (Å²) in [5.74, 6) is 0.164. The highest BCUT2D eigenvalue weighted by molar-refractivity contribution is 5.76.